The molecule has 0 fully saturated rings. The van der Waals surface area contributed by atoms with Crippen molar-refractivity contribution in [2.75, 3.05) is 24.2 Å². The van der Waals surface area contributed by atoms with Gasteiger partial charge in [-0.3, -0.25) is 15.0 Å². The van der Waals surface area contributed by atoms with E-state index in [4.69, 9.17) is 28.1 Å². The average molecular weight is 505 g/mol. The Hall–Kier alpha value is -3.88. The van der Waals surface area contributed by atoms with Crippen LogP contribution in [-0.4, -0.2) is 33.6 Å². The molecule has 0 aliphatic carbocycles. The van der Waals surface area contributed by atoms with Crippen molar-refractivity contribution in [3.8, 4) is 0 Å². The molecule has 1 heterocycles. The van der Waals surface area contributed by atoms with E-state index < -0.39 is 6.04 Å². The Kier molecular flexibility index (Phi) is 7.87. The number of nitrogen functional groups attached to an aromatic ring is 1. The molecule has 186 valence electrons. The van der Waals surface area contributed by atoms with Gasteiger partial charge in [-0.1, -0.05) is 36.7 Å². The van der Waals surface area contributed by atoms with Crippen molar-refractivity contribution in [2.45, 2.75) is 25.8 Å². The van der Waals surface area contributed by atoms with Crippen LogP contribution in [0.15, 0.2) is 77.6 Å². The smallest absolute Gasteiger partial charge is 0.280 e. The molecule has 0 aliphatic rings. The monoisotopic (exact) mass is 504 g/mol. The normalized spacial score (nSPS) is 11.9. The molecular formula is C27H29ClN6O2. The van der Waals surface area contributed by atoms with Crippen molar-refractivity contribution in [3.63, 3.8) is 0 Å². The Morgan fingerprint density at radius 2 is 1.83 bits per heavy atom. The van der Waals surface area contributed by atoms with Gasteiger partial charge in [0.1, 0.15) is 0 Å². The van der Waals surface area contributed by atoms with Crippen LogP contribution in [0.1, 0.15) is 42.0 Å². The van der Waals surface area contributed by atoms with Gasteiger partial charge in [0.05, 0.1) is 22.6 Å². The zero-order valence-electron chi connectivity index (χ0n) is 20.0. The molecule has 1 aromatic heterocycles. The number of halogens is 1. The van der Waals surface area contributed by atoms with E-state index >= 15 is 0 Å². The summed E-state index contributed by atoms with van der Waals surface area (Å²) in [6.45, 7) is 2.77. The molecule has 0 spiro atoms. The van der Waals surface area contributed by atoms with Crippen molar-refractivity contribution in [1.29, 1.82) is 0 Å². The molecule has 1 atom stereocenters. The lowest BCUT2D eigenvalue weighted by Crippen LogP contribution is -2.41. The second-order valence-corrected chi connectivity index (χ2v) is 8.87. The number of amides is 1. The first kappa shape index (κ1) is 25.2. The van der Waals surface area contributed by atoms with E-state index in [1.165, 1.54) is 4.68 Å². The maximum absolute atomic E-state index is 13.7. The molecule has 0 saturated heterocycles. The lowest BCUT2D eigenvalue weighted by molar-refractivity contribution is 0.0657. The SMILES string of the molecule is CCC(c1nc2cc(Cl)ccc2c(=O)n1Nc1ccccc1)N(CCCN)C(=O)c1ccc(N)cc1. The van der Waals surface area contributed by atoms with Crippen LogP contribution < -0.4 is 22.5 Å². The Labute approximate surface area is 214 Å². The van der Waals surface area contributed by atoms with Gasteiger partial charge in [0, 0.05) is 22.8 Å². The number of carbonyl (C=O) groups excluding carboxylic acids is 1. The number of benzene rings is 3. The maximum Gasteiger partial charge on any atom is 0.280 e. The predicted molar refractivity (Wildman–Crippen MR) is 145 cm³/mol. The number of hydrogen-bond acceptors (Lipinski definition) is 6. The van der Waals surface area contributed by atoms with Crippen LogP contribution in [-0.2, 0) is 0 Å². The van der Waals surface area contributed by atoms with E-state index in [-0.39, 0.29) is 11.5 Å². The maximum atomic E-state index is 13.7. The molecule has 1 unspecified atom stereocenters. The van der Waals surface area contributed by atoms with E-state index in [1.807, 2.05) is 37.3 Å². The van der Waals surface area contributed by atoms with Crippen LogP contribution in [0.3, 0.4) is 0 Å². The minimum absolute atomic E-state index is 0.193. The third-order valence-electron chi connectivity index (χ3n) is 5.95. The molecule has 1 amide bonds. The number of para-hydroxylation sites is 1. The van der Waals surface area contributed by atoms with E-state index in [0.717, 1.165) is 0 Å². The van der Waals surface area contributed by atoms with Crippen molar-refractivity contribution in [3.05, 3.63) is 99.6 Å². The number of hydrogen-bond donors (Lipinski definition) is 3. The Balaban J connectivity index is 1.89. The second kappa shape index (κ2) is 11.2. The highest BCUT2D eigenvalue weighted by Gasteiger charge is 2.29. The summed E-state index contributed by atoms with van der Waals surface area (Å²) >= 11 is 6.23. The summed E-state index contributed by atoms with van der Waals surface area (Å²) in [7, 11) is 0. The van der Waals surface area contributed by atoms with Crippen LogP contribution in [0.25, 0.3) is 10.9 Å². The fourth-order valence-corrected chi connectivity index (χ4v) is 4.31. The fraction of sp³-hybridized carbons (Fsp3) is 0.222. The first-order valence-corrected chi connectivity index (χ1v) is 12.2. The van der Waals surface area contributed by atoms with Crippen LogP contribution >= 0.6 is 11.6 Å². The average Bonchev–Trinajstić information content (AvgIpc) is 2.89. The summed E-state index contributed by atoms with van der Waals surface area (Å²) in [5, 5.41) is 0.889. The zero-order valence-corrected chi connectivity index (χ0v) is 20.8. The van der Waals surface area contributed by atoms with Crippen LogP contribution in [0.4, 0.5) is 11.4 Å². The third-order valence-corrected chi connectivity index (χ3v) is 6.19. The first-order valence-electron chi connectivity index (χ1n) is 11.8. The first-order chi connectivity index (χ1) is 17.4. The van der Waals surface area contributed by atoms with Gasteiger partial charge in [0.25, 0.3) is 11.5 Å². The molecule has 8 nitrogen and oxygen atoms in total. The summed E-state index contributed by atoms with van der Waals surface area (Å²) in [5.41, 5.74) is 16.8. The minimum atomic E-state index is -0.520. The highest BCUT2D eigenvalue weighted by Crippen LogP contribution is 2.27. The van der Waals surface area contributed by atoms with Gasteiger partial charge in [-0.15, -0.1) is 0 Å². The van der Waals surface area contributed by atoms with Gasteiger partial charge in [-0.2, -0.15) is 0 Å². The number of fused-ring (bicyclic) bond motifs is 1. The second-order valence-electron chi connectivity index (χ2n) is 8.44. The van der Waals surface area contributed by atoms with E-state index in [9.17, 15) is 9.59 Å². The van der Waals surface area contributed by atoms with Gasteiger partial charge in [-0.05, 0) is 74.0 Å². The number of aromatic nitrogens is 2. The largest absolute Gasteiger partial charge is 0.399 e. The standard InChI is InChI=1S/C27H29ClN6O2/c1-2-24(33(16-6-15-29)26(35)18-9-12-20(30)13-10-18)25-31-23-17-19(28)11-14-22(23)27(36)34(25)32-21-7-4-3-5-8-21/h3-5,7-14,17,24,32H,2,6,15-16,29-30H2,1H3. The minimum Gasteiger partial charge on any atom is -0.399 e. The zero-order chi connectivity index (χ0) is 25.7. The summed E-state index contributed by atoms with van der Waals surface area (Å²) in [4.78, 5) is 34.0. The number of carbonyl (C=O) groups is 1. The van der Waals surface area contributed by atoms with Gasteiger partial charge in [0.15, 0.2) is 5.82 Å². The van der Waals surface area contributed by atoms with E-state index in [2.05, 4.69) is 5.43 Å². The summed E-state index contributed by atoms with van der Waals surface area (Å²) in [5.74, 6) is 0.212. The fourth-order valence-electron chi connectivity index (χ4n) is 4.14. The van der Waals surface area contributed by atoms with Crippen molar-refractivity contribution in [2.24, 2.45) is 5.73 Å². The molecule has 3 aromatic carbocycles. The lowest BCUT2D eigenvalue weighted by Gasteiger charge is -2.32. The van der Waals surface area contributed by atoms with Crippen molar-refractivity contribution in [1.82, 2.24) is 14.6 Å². The highest BCUT2D eigenvalue weighted by molar-refractivity contribution is 6.31. The summed E-state index contributed by atoms with van der Waals surface area (Å²) in [6, 6.07) is 20.6. The highest BCUT2D eigenvalue weighted by atomic mass is 35.5. The molecule has 4 rings (SSSR count). The molecule has 0 saturated carbocycles. The number of nitrogens with one attached hydrogen (secondary N) is 1. The number of rotatable bonds is 9. The molecular weight excluding hydrogens is 476 g/mol. The molecule has 4 aromatic rings. The number of nitrogens with two attached hydrogens (primary N) is 2. The van der Waals surface area contributed by atoms with E-state index in [1.54, 1.807) is 47.4 Å². The van der Waals surface area contributed by atoms with Crippen LogP contribution in [0.2, 0.25) is 5.02 Å². The quantitative estimate of drug-likeness (QED) is 0.290. The molecule has 0 aliphatic heterocycles. The molecule has 0 bridgehead atoms. The molecule has 0 radical (unpaired) electrons. The summed E-state index contributed by atoms with van der Waals surface area (Å²) < 4.78 is 1.42. The van der Waals surface area contributed by atoms with Crippen molar-refractivity contribution < 1.29 is 4.79 Å². The lowest BCUT2D eigenvalue weighted by atomic mass is 10.1. The topological polar surface area (TPSA) is 119 Å². The Morgan fingerprint density at radius 1 is 1.11 bits per heavy atom. The number of anilines is 2. The van der Waals surface area contributed by atoms with Gasteiger partial charge < -0.3 is 16.4 Å². The summed E-state index contributed by atoms with van der Waals surface area (Å²) in [6.07, 6.45) is 1.10. The molecule has 36 heavy (non-hydrogen) atoms. The van der Waals surface area contributed by atoms with Crippen molar-refractivity contribution >= 4 is 39.8 Å². The molecule has 5 N–H and O–H groups in total. The third kappa shape index (κ3) is 5.35. The number of nitrogens with zero attached hydrogens (tertiary/aromatic N) is 3. The van der Waals surface area contributed by atoms with Gasteiger partial charge in [0.2, 0.25) is 0 Å². The van der Waals surface area contributed by atoms with Crippen LogP contribution in [0.5, 0.6) is 0 Å². The van der Waals surface area contributed by atoms with Crippen LogP contribution in [0, 0.1) is 0 Å². The van der Waals surface area contributed by atoms with E-state index in [0.29, 0.717) is 64.6 Å². The Bertz CT molecular complexity index is 1410. The van der Waals surface area contributed by atoms with Gasteiger partial charge in [-0.25, -0.2) is 9.66 Å². The van der Waals surface area contributed by atoms with Gasteiger partial charge >= 0.3 is 0 Å². The predicted octanol–water partition coefficient (Wildman–Crippen LogP) is 4.45. The Morgan fingerprint density at radius 3 is 2.50 bits per heavy atom. The molecule has 9 heteroatoms.